The predicted molar refractivity (Wildman–Crippen MR) is 55.3 cm³/mol. The van der Waals surface area contributed by atoms with Crippen LogP contribution in [0.5, 0.6) is 0 Å². The average molecular weight is 215 g/mol. The highest BCUT2D eigenvalue weighted by Gasteiger charge is 1.72. The maximum absolute atomic E-state index is 8.35. The first-order valence-electron chi connectivity index (χ1n) is 3.32. The van der Waals surface area contributed by atoms with Crippen LogP contribution in [0.2, 0.25) is 0 Å². The molecule has 0 saturated carbocycles. The maximum atomic E-state index is 8.35. The highest BCUT2D eigenvalue weighted by Crippen LogP contribution is 1.92. The van der Waals surface area contributed by atoms with Crippen molar-refractivity contribution in [2.45, 2.75) is 6.92 Å². The van der Waals surface area contributed by atoms with Crippen LogP contribution in [-0.4, -0.2) is 12.2 Å². The Bertz CT molecular complexity index is 264. The van der Waals surface area contributed by atoms with Gasteiger partial charge in [0.15, 0.2) is 0 Å². The molecule has 0 heterocycles. The topological polar surface area (TPSA) is 81.8 Å². The summed E-state index contributed by atoms with van der Waals surface area (Å²) in [5.41, 5.74) is 1.32. The Labute approximate surface area is 88.4 Å². The Morgan fingerprint density at radius 1 is 1.00 bits per heavy atom. The molecule has 76 valence electrons. The van der Waals surface area contributed by atoms with E-state index < -0.39 is 0 Å². The summed E-state index contributed by atoms with van der Waals surface area (Å²) in [6.45, 7) is 2.08. The van der Waals surface area contributed by atoms with Crippen molar-refractivity contribution in [3.05, 3.63) is 35.9 Å². The number of aryl methyl sites for hydroxylation is 1. The number of hydrogen-bond donors (Lipinski definition) is 2. The average Bonchev–Trinajstić information content (AvgIpc) is 2.08. The van der Waals surface area contributed by atoms with Gasteiger partial charge < -0.3 is 0 Å². The fourth-order valence-corrected chi connectivity index (χ4v) is 0.534. The van der Waals surface area contributed by atoms with Crippen LogP contribution >= 0.6 is 12.4 Å². The van der Waals surface area contributed by atoms with Gasteiger partial charge in [-0.15, -0.1) is 12.4 Å². The number of hydrogen-bond acceptors (Lipinski definition) is 4. The second kappa shape index (κ2) is 17.4. The second-order valence-corrected chi connectivity index (χ2v) is 1.86. The van der Waals surface area contributed by atoms with Crippen LogP contribution in [0.4, 0.5) is 0 Å². The first kappa shape index (κ1) is 18.1. The zero-order valence-corrected chi connectivity index (χ0v) is 8.43. The minimum absolute atomic E-state index is 0. The fraction of sp³-hybridized carbons (Fsp3) is 0.111. The van der Waals surface area contributed by atoms with Crippen molar-refractivity contribution in [3.63, 3.8) is 0 Å². The smallest absolute Gasteiger partial charge is 0.222 e. The van der Waals surface area contributed by atoms with Gasteiger partial charge in [0.2, 0.25) is 12.2 Å². The van der Waals surface area contributed by atoms with Crippen LogP contribution in [0.1, 0.15) is 5.56 Å². The molecule has 0 aliphatic rings. The zero-order valence-electron chi connectivity index (χ0n) is 7.61. The molecule has 0 radical (unpaired) electrons. The predicted octanol–water partition coefficient (Wildman–Crippen LogP) is 2.22. The third-order valence-electron chi connectivity index (χ3n) is 0.940. The lowest BCUT2D eigenvalue weighted by molar-refractivity contribution is 0.562. The van der Waals surface area contributed by atoms with Crippen LogP contribution in [0, 0.1) is 17.7 Å². The molecular formula is C9H11ClN2O2. The number of isocyanates is 2. The zero-order chi connectivity index (χ0) is 10.5. The number of benzene rings is 1. The quantitative estimate of drug-likeness (QED) is 0.513. The van der Waals surface area contributed by atoms with Crippen molar-refractivity contribution >= 4 is 24.6 Å². The largest absolute Gasteiger partial charge is 0.231 e. The molecule has 2 N–H and O–H groups in total. The number of carbonyl (C=O) groups excluding carboxylic acids is 2. The summed E-state index contributed by atoms with van der Waals surface area (Å²) in [6.07, 6.45) is 1.50. The summed E-state index contributed by atoms with van der Waals surface area (Å²) < 4.78 is 0. The van der Waals surface area contributed by atoms with Gasteiger partial charge in [-0.2, -0.15) is 0 Å². The summed E-state index contributed by atoms with van der Waals surface area (Å²) in [4.78, 5) is 16.7. The monoisotopic (exact) mass is 214 g/mol. The van der Waals surface area contributed by atoms with Gasteiger partial charge in [-0.25, -0.2) is 20.4 Å². The van der Waals surface area contributed by atoms with Gasteiger partial charge in [-0.1, -0.05) is 35.9 Å². The van der Waals surface area contributed by atoms with Gasteiger partial charge in [0.05, 0.1) is 0 Å². The molecule has 0 unspecified atom stereocenters. The highest BCUT2D eigenvalue weighted by molar-refractivity contribution is 5.85. The summed E-state index contributed by atoms with van der Waals surface area (Å²) >= 11 is 0. The van der Waals surface area contributed by atoms with Crippen molar-refractivity contribution in [1.82, 2.24) is 0 Å². The van der Waals surface area contributed by atoms with Gasteiger partial charge in [-0.3, -0.25) is 0 Å². The Hall–Kier alpha value is -1.73. The van der Waals surface area contributed by atoms with Gasteiger partial charge in [0.1, 0.15) is 0 Å². The van der Waals surface area contributed by atoms with E-state index in [1.54, 1.807) is 0 Å². The molecule has 1 rings (SSSR count). The van der Waals surface area contributed by atoms with Crippen molar-refractivity contribution in [1.29, 1.82) is 10.8 Å². The number of halogens is 1. The molecule has 0 fully saturated rings. The van der Waals surface area contributed by atoms with E-state index in [4.69, 9.17) is 20.4 Å². The van der Waals surface area contributed by atoms with E-state index in [-0.39, 0.29) is 12.4 Å². The molecule has 14 heavy (non-hydrogen) atoms. The first-order valence-corrected chi connectivity index (χ1v) is 3.32. The van der Waals surface area contributed by atoms with E-state index >= 15 is 0 Å². The van der Waals surface area contributed by atoms with E-state index in [2.05, 4.69) is 19.1 Å². The van der Waals surface area contributed by atoms with Crippen LogP contribution in [-0.2, 0) is 9.59 Å². The van der Waals surface area contributed by atoms with E-state index in [1.807, 2.05) is 18.2 Å². The van der Waals surface area contributed by atoms with Crippen molar-refractivity contribution < 1.29 is 9.59 Å². The fourth-order valence-electron chi connectivity index (χ4n) is 0.534. The maximum Gasteiger partial charge on any atom is 0.231 e. The molecule has 0 aromatic heterocycles. The molecule has 1 aromatic carbocycles. The van der Waals surface area contributed by atoms with Gasteiger partial charge in [0.25, 0.3) is 0 Å². The minimum Gasteiger partial charge on any atom is -0.222 e. The van der Waals surface area contributed by atoms with Crippen molar-refractivity contribution in [2.75, 3.05) is 0 Å². The summed E-state index contributed by atoms with van der Waals surface area (Å²) in [5, 5.41) is 10.8. The summed E-state index contributed by atoms with van der Waals surface area (Å²) in [5.74, 6) is 0. The normalized spacial score (nSPS) is 5.50. The number of rotatable bonds is 0. The molecule has 0 aliphatic carbocycles. The highest BCUT2D eigenvalue weighted by atomic mass is 35.5. The lowest BCUT2D eigenvalue weighted by Gasteiger charge is -1.82. The molecule has 0 bridgehead atoms. The molecule has 0 amide bonds. The van der Waals surface area contributed by atoms with E-state index in [9.17, 15) is 0 Å². The third kappa shape index (κ3) is 22.4. The lowest BCUT2D eigenvalue weighted by Crippen LogP contribution is -1.62. The van der Waals surface area contributed by atoms with Gasteiger partial charge >= 0.3 is 0 Å². The van der Waals surface area contributed by atoms with E-state index in [0.717, 1.165) is 12.2 Å². The Kier molecular flexibility index (Phi) is 22.5. The summed E-state index contributed by atoms with van der Waals surface area (Å²) in [6, 6.07) is 10.3. The minimum atomic E-state index is 0. The Morgan fingerprint density at radius 3 is 1.43 bits per heavy atom. The third-order valence-corrected chi connectivity index (χ3v) is 0.940. The first-order chi connectivity index (χ1) is 6.22. The van der Waals surface area contributed by atoms with Gasteiger partial charge in [0, 0.05) is 0 Å². The lowest BCUT2D eigenvalue weighted by atomic mass is 10.2. The Balaban J connectivity index is -0.000000150. The van der Waals surface area contributed by atoms with E-state index in [0.29, 0.717) is 0 Å². The molecule has 0 aliphatic heterocycles. The van der Waals surface area contributed by atoms with Crippen LogP contribution in [0.25, 0.3) is 0 Å². The van der Waals surface area contributed by atoms with Crippen LogP contribution in [0.15, 0.2) is 30.3 Å². The van der Waals surface area contributed by atoms with Crippen LogP contribution in [0.3, 0.4) is 0 Å². The second-order valence-electron chi connectivity index (χ2n) is 1.86. The van der Waals surface area contributed by atoms with Crippen molar-refractivity contribution in [2.24, 2.45) is 0 Å². The molecule has 1 aromatic rings. The molecule has 0 spiro atoms. The number of nitrogens with one attached hydrogen (secondary N) is 2. The molecule has 5 heteroatoms. The molecular weight excluding hydrogens is 204 g/mol. The van der Waals surface area contributed by atoms with Crippen molar-refractivity contribution in [3.8, 4) is 0 Å². The van der Waals surface area contributed by atoms with Gasteiger partial charge in [-0.05, 0) is 6.92 Å². The summed E-state index contributed by atoms with van der Waals surface area (Å²) in [7, 11) is 0. The van der Waals surface area contributed by atoms with Crippen LogP contribution < -0.4 is 0 Å². The SMILES string of the molecule is Cc1ccccc1.Cl.N=C=O.N=C=O. The molecule has 0 atom stereocenters. The Morgan fingerprint density at radius 2 is 1.29 bits per heavy atom. The standard InChI is InChI=1S/C7H8.2CHNO.ClH/c1-7-5-3-2-4-6-7;2*2-1-3;/h2-6H,1H3;2*2H;1H. The van der Waals surface area contributed by atoms with E-state index in [1.165, 1.54) is 5.56 Å². The molecule has 4 nitrogen and oxygen atoms in total. The molecule has 0 saturated heterocycles.